The number of hydrogen-bond donors (Lipinski definition) is 1. The maximum Gasteiger partial charge on any atom is 0.343 e. The number of ether oxygens (including phenoxy) is 2. The zero-order valence-corrected chi connectivity index (χ0v) is 16.4. The highest BCUT2D eigenvalue weighted by Crippen LogP contribution is 2.16. The molecule has 7 heteroatoms. The maximum atomic E-state index is 12.3. The van der Waals surface area contributed by atoms with Crippen molar-refractivity contribution < 1.29 is 19.1 Å². The van der Waals surface area contributed by atoms with Gasteiger partial charge in [-0.05, 0) is 72.6 Å². The van der Waals surface area contributed by atoms with Gasteiger partial charge in [-0.3, -0.25) is 9.78 Å². The van der Waals surface area contributed by atoms with Gasteiger partial charge in [0.05, 0.1) is 23.9 Å². The van der Waals surface area contributed by atoms with Gasteiger partial charge in [0.2, 0.25) is 0 Å². The number of aromatic nitrogens is 1. The van der Waals surface area contributed by atoms with E-state index in [0.29, 0.717) is 29.2 Å². The van der Waals surface area contributed by atoms with Crippen LogP contribution in [0.15, 0.2) is 78.2 Å². The second-order valence-corrected chi connectivity index (χ2v) is 6.27. The molecular formula is C23H21N3O4. The van der Waals surface area contributed by atoms with Crippen molar-refractivity contribution in [2.24, 2.45) is 5.10 Å². The average Bonchev–Trinajstić information content (AvgIpc) is 2.79. The molecule has 3 aromatic rings. The van der Waals surface area contributed by atoms with E-state index >= 15 is 0 Å². The van der Waals surface area contributed by atoms with Gasteiger partial charge in [-0.25, -0.2) is 10.2 Å². The Hall–Kier alpha value is -4.00. The van der Waals surface area contributed by atoms with E-state index in [1.807, 2.05) is 6.92 Å². The molecule has 7 nitrogen and oxygen atoms in total. The van der Waals surface area contributed by atoms with E-state index in [2.05, 4.69) is 15.5 Å². The van der Waals surface area contributed by atoms with Gasteiger partial charge in [0.25, 0.3) is 5.91 Å². The second-order valence-electron chi connectivity index (χ2n) is 6.27. The minimum atomic E-state index is -0.456. The quantitative estimate of drug-likeness (QED) is 0.267. The van der Waals surface area contributed by atoms with Crippen LogP contribution in [0, 0.1) is 0 Å². The Morgan fingerprint density at radius 1 is 1.00 bits per heavy atom. The molecule has 1 amide bonds. The molecule has 0 atom stereocenters. The summed E-state index contributed by atoms with van der Waals surface area (Å²) in [5, 5.41) is 3.91. The highest BCUT2D eigenvalue weighted by atomic mass is 16.5. The van der Waals surface area contributed by atoms with Gasteiger partial charge in [0.15, 0.2) is 0 Å². The van der Waals surface area contributed by atoms with Crippen LogP contribution in [0.25, 0.3) is 0 Å². The number of hydrazone groups is 1. The van der Waals surface area contributed by atoms with Crippen molar-refractivity contribution >= 4 is 18.1 Å². The lowest BCUT2D eigenvalue weighted by atomic mass is 10.2. The van der Waals surface area contributed by atoms with Gasteiger partial charge in [0.1, 0.15) is 11.5 Å². The molecule has 30 heavy (non-hydrogen) atoms. The van der Waals surface area contributed by atoms with E-state index in [4.69, 9.17) is 9.47 Å². The van der Waals surface area contributed by atoms with Crippen molar-refractivity contribution in [2.45, 2.75) is 13.3 Å². The van der Waals surface area contributed by atoms with Crippen molar-refractivity contribution in [3.05, 3.63) is 89.7 Å². The third-order valence-electron chi connectivity index (χ3n) is 3.96. The summed E-state index contributed by atoms with van der Waals surface area (Å²) in [7, 11) is 0. The minimum Gasteiger partial charge on any atom is -0.494 e. The Bertz CT molecular complexity index is 1000. The molecule has 2 aromatic carbocycles. The Morgan fingerprint density at radius 2 is 1.73 bits per heavy atom. The van der Waals surface area contributed by atoms with Crippen LogP contribution in [0.2, 0.25) is 0 Å². The number of carbonyl (C=O) groups excluding carboxylic acids is 2. The molecule has 3 rings (SSSR count). The summed E-state index contributed by atoms with van der Waals surface area (Å²) in [6.45, 7) is 2.66. The van der Waals surface area contributed by atoms with Crippen LogP contribution in [0.1, 0.15) is 39.6 Å². The summed E-state index contributed by atoms with van der Waals surface area (Å²) >= 11 is 0. The lowest BCUT2D eigenvalue weighted by Gasteiger charge is -2.07. The molecule has 0 spiro atoms. The molecule has 1 N–H and O–H groups in total. The fourth-order valence-electron chi connectivity index (χ4n) is 2.42. The van der Waals surface area contributed by atoms with E-state index in [0.717, 1.165) is 12.0 Å². The number of nitrogens with zero attached hydrogens (tertiary/aromatic N) is 2. The predicted octanol–water partition coefficient (Wildman–Crippen LogP) is 3.85. The first kappa shape index (κ1) is 20.7. The zero-order chi connectivity index (χ0) is 21.2. The fraction of sp³-hybridized carbons (Fsp3) is 0.130. The first-order valence-corrected chi connectivity index (χ1v) is 9.44. The first-order valence-electron chi connectivity index (χ1n) is 9.44. The molecule has 0 aliphatic carbocycles. The topological polar surface area (TPSA) is 89.9 Å². The molecule has 0 saturated heterocycles. The van der Waals surface area contributed by atoms with Gasteiger partial charge in [-0.1, -0.05) is 6.92 Å². The van der Waals surface area contributed by atoms with E-state index in [1.165, 1.54) is 12.4 Å². The number of amides is 1. The molecular weight excluding hydrogens is 382 g/mol. The summed E-state index contributed by atoms with van der Waals surface area (Å²) in [5.41, 5.74) is 4.01. The molecule has 0 fully saturated rings. The number of nitrogens with one attached hydrogen (secondary N) is 1. The third kappa shape index (κ3) is 6.00. The van der Waals surface area contributed by atoms with Crippen LogP contribution in [-0.2, 0) is 0 Å². The molecule has 0 aliphatic rings. The van der Waals surface area contributed by atoms with Crippen molar-refractivity contribution in [1.82, 2.24) is 10.4 Å². The minimum absolute atomic E-state index is 0.351. The van der Waals surface area contributed by atoms with Crippen LogP contribution >= 0.6 is 0 Å². The number of esters is 1. The second kappa shape index (κ2) is 10.5. The lowest BCUT2D eigenvalue weighted by Crippen LogP contribution is -2.17. The zero-order valence-electron chi connectivity index (χ0n) is 16.4. The molecule has 1 heterocycles. The molecule has 1 aromatic heterocycles. The summed E-state index contributed by atoms with van der Waals surface area (Å²) in [6.07, 6.45) is 5.46. The Labute approximate surface area is 174 Å². The van der Waals surface area contributed by atoms with Crippen LogP contribution < -0.4 is 14.9 Å². The number of hydrogen-bond acceptors (Lipinski definition) is 6. The van der Waals surface area contributed by atoms with Crippen LogP contribution in [0.4, 0.5) is 0 Å². The molecule has 0 bridgehead atoms. The molecule has 0 aliphatic heterocycles. The van der Waals surface area contributed by atoms with Crippen LogP contribution in [0.3, 0.4) is 0 Å². The number of rotatable bonds is 8. The van der Waals surface area contributed by atoms with Crippen LogP contribution in [-0.4, -0.2) is 29.7 Å². The van der Waals surface area contributed by atoms with Crippen molar-refractivity contribution in [3.8, 4) is 11.5 Å². The van der Waals surface area contributed by atoms with Gasteiger partial charge in [-0.15, -0.1) is 0 Å². The van der Waals surface area contributed by atoms with Gasteiger partial charge in [0, 0.05) is 12.4 Å². The highest BCUT2D eigenvalue weighted by molar-refractivity contribution is 5.94. The fourth-order valence-corrected chi connectivity index (χ4v) is 2.42. The lowest BCUT2D eigenvalue weighted by molar-refractivity contribution is 0.0734. The van der Waals surface area contributed by atoms with E-state index in [9.17, 15) is 9.59 Å². The molecule has 152 valence electrons. The largest absolute Gasteiger partial charge is 0.494 e. The van der Waals surface area contributed by atoms with Gasteiger partial charge < -0.3 is 9.47 Å². The van der Waals surface area contributed by atoms with E-state index in [1.54, 1.807) is 66.9 Å². The van der Waals surface area contributed by atoms with Crippen molar-refractivity contribution in [2.75, 3.05) is 6.61 Å². The van der Waals surface area contributed by atoms with E-state index < -0.39 is 5.97 Å². The Kier molecular flexibility index (Phi) is 7.27. The molecule has 0 unspecified atom stereocenters. The number of carbonyl (C=O) groups is 2. The van der Waals surface area contributed by atoms with Gasteiger partial charge in [-0.2, -0.15) is 5.10 Å². The first-order chi connectivity index (χ1) is 14.7. The summed E-state index contributed by atoms with van der Waals surface area (Å²) in [5.74, 6) is 0.314. The Morgan fingerprint density at radius 3 is 2.40 bits per heavy atom. The van der Waals surface area contributed by atoms with Crippen LogP contribution in [0.5, 0.6) is 11.5 Å². The molecule has 0 radical (unpaired) electrons. The standard InChI is InChI=1S/C23H21N3O4/c1-2-14-29-20-11-7-18(8-12-20)23(28)30-21-9-5-17(6-10-21)15-25-26-22(27)19-4-3-13-24-16-19/h3-13,15-16H,2,14H2,1H3,(H,26,27)/b25-15-. The normalized spacial score (nSPS) is 10.6. The van der Waals surface area contributed by atoms with Crippen molar-refractivity contribution in [1.29, 1.82) is 0 Å². The summed E-state index contributed by atoms with van der Waals surface area (Å²) in [4.78, 5) is 28.0. The Balaban J connectivity index is 1.52. The van der Waals surface area contributed by atoms with Crippen molar-refractivity contribution in [3.63, 3.8) is 0 Å². The monoisotopic (exact) mass is 403 g/mol. The maximum absolute atomic E-state index is 12.3. The predicted molar refractivity (Wildman–Crippen MR) is 113 cm³/mol. The number of pyridine rings is 1. The third-order valence-corrected chi connectivity index (χ3v) is 3.96. The highest BCUT2D eigenvalue weighted by Gasteiger charge is 2.09. The van der Waals surface area contributed by atoms with E-state index in [-0.39, 0.29) is 5.91 Å². The van der Waals surface area contributed by atoms with Gasteiger partial charge >= 0.3 is 5.97 Å². The average molecular weight is 403 g/mol. The number of benzene rings is 2. The molecule has 0 saturated carbocycles. The summed E-state index contributed by atoms with van der Waals surface area (Å²) in [6, 6.07) is 16.9. The summed E-state index contributed by atoms with van der Waals surface area (Å²) < 4.78 is 10.9. The SMILES string of the molecule is CCCOc1ccc(C(=O)Oc2ccc(/C=N\NC(=O)c3cccnc3)cc2)cc1. The smallest absolute Gasteiger partial charge is 0.343 e.